The zero-order chi connectivity index (χ0) is 23.7. The van der Waals surface area contributed by atoms with E-state index >= 15 is 0 Å². The van der Waals surface area contributed by atoms with E-state index in [1.807, 2.05) is 22.9 Å². The first-order valence-electron chi connectivity index (χ1n) is 11.2. The van der Waals surface area contributed by atoms with E-state index in [-0.39, 0.29) is 18.0 Å². The summed E-state index contributed by atoms with van der Waals surface area (Å²) >= 11 is 0. The molecule has 4 aromatic rings. The van der Waals surface area contributed by atoms with Crippen LogP contribution in [0.15, 0.2) is 71.8 Å². The average molecular weight is 504 g/mol. The zero-order valence-electron chi connectivity index (χ0n) is 18.8. The fraction of sp³-hybridized carbons (Fsp3) is 0.280. The summed E-state index contributed by atoms with van der Waals surface area (Å²) in [7, 11) is 0. The summed E-state index contributed by atoms with van der Waals surface area (Å²) in [4.78, 5) is 15.2. The van der Waals surface area contributed by atoms with Crippen molar-refractivity contribution in [3.05, 3.63) is 82.9 Å². The molecule has 0 unspecified atom stereocenters. The van der Waals surface area contributed by atoms with Gasteiger partial charge in [0, 0.05) is 56.1 Å². The van der Waals surface area contributed by atoms with Crippen molar-refractivity contribution in [1.82, 2.24) is 24.6 Å². The lowest BCUT2D eigenvalue weighted by atomic mass is 10.0. The molecule has 5 rings (SSSR count). The molecule has 0 aliphatic carbocycles. The van der Waals surface area contributed by atoms with Gasteiger partial charge < -0.3 is 5.32 Å². The van der Waals surface area contributed by atoms with Gasteiger partial charge in [-0.15, -0.1) is 12.4 Å². The predicted octanol–water partition coefficient (Wildman–Crippen LogP) is 4.20. The van der Waals surface area contributed by atoms with Gasteiger partial charge in [0.15, 0.2) is 0 Å². The smallest absolute Gasteiger partial charge is 0.314 e. The van der Waals surface area contributed by atoms with E-state index in [2.05, 4.69) is 15.3 Å². The Hall–Kier alpha value is -3.14. The maximum atomic E-state index is 12.8. The van der Waals surface area contributed by atoms with Crippen molar-refractivity contribution >= 4 is 23.3 Å². The van der Waals surface area contributed by atoms with Gasteiger partial charge in [-0.05, 0) is 47.5 Å². The number of fused-ring (bicyclic) bond motifs is 1. The third kappa shape index (κ3) is 5.42. The lowest BCUT2D eigenvalue weighted by Crippen LogP contribution is -2.44. The molecule has 0 amide bonds. The number of nitrogens with one attached hydrogen (secondary N) is 1. The van der Waals surface area contributed by atoms with Crippen LogP contribution < -0.4 is 10.9 Å². The highest BCUT2D eigenvalue weighted by Crippen LogP contribution is 2.30. The molecule has 6 nitrogen and oxygen atoms in total. The summed E-state index contributed by atoms with van der Waals surface area (Å²) in [6.07, 6.45) is -0.942. The minimum Gasteiger partial charge on any atom is -0.314 e. The summed E-state index contributed by atoms with van der Waals surface area (Å²) in [5.41, 5.74) is 1.86. The van der Waals surface area contributed by atoms with Crippen LogP contribution in [0.3, 0.4) is 0 Å². The van der Waals surface area contributed by atoms with Crippen molar-refractivity contribution in [2.24, 2.45) is 0 Å². The molecule has 35 heavy (non-hydrogen) atoms. The predicted molar refractivity (Wildman–Crippen MR) is 132 cm³/mol. The van der Waals surface area contributed by atoms with E-state index in [9.17, 15) is 18.0 Å². The lowest BCUT2D eigenvalue weighted by Gasteiger charge is -2.27. The number of hydrogen-bond acceptors (Lipinski definition) is 4. The average Bonchev–Trinajstić information content (AvgIpc) is 3.25. The molecule has 10 heteroatoms. The molecule has 1 saturated heterocycles. The van der Waals surface area contributed by atoms with Crippen molar-refractivity contribution in [3.63, 3.8) is 0 Å². The molecule has 0 atom stereocenters. The van der Waals surface area contributed by atoms with Crippen molar-refractivity contribution in [2.45, 2.75) is 12.7 Å². The van der Waals surface area contributed by atoms with Gasteiger partial charge in [0.2, 0.25) is 0 Å². The Bertz CT molecular complexity index is 1360. The molecule has 0 bridgehead atoms. The quantitative estimate of drug-likeness (QED) is 0.443. The number of halogens is 4. The molecule has 0 radical (unpaired) electrons. The number of aromatic nitrogens is 3. The summed E-state index contributed by atoms with van der Waals surface area (Å²) < 4.78 is 41.9. The number of pyridine rings is 1. The molecule has 0 saturated carbocycles. The Morgan fingerprint density at radius 2 is 1.66 bits per heavy atom. The highest BCUT2D eigenvalue weighted by atomic mass is 35.5. The second-order valence-electron chi connectivity index (χ2n) is 8.40. The van der Waals surface area contributed by atoms with Gasteiger partial charge in [-0.3, -0.25) is 18.9 Å². The number of rotatable bonds is 5. The molecule has 3 heterocycles. The van der Waals surface area contributed by atoms with Crippen molar-refractivity contribution < 1.29 is 13.2 Å². The molecule has 2 aromatic heterocycles. The van der Waals surface area contributed by atoms with E-state index in [0.29, 0.717) is 16.8 Å². The van der Waals surface area contributed by atoms with Gasteiger partial charge in [0.25, 0.3) is 5.56 Å². The molecule has 184 valence electrons. The van der Waals surface area contributed by atoms with Crippen LogP contribution in [-0.4, -0.2) is 52.0 Å². The Morgan fingerprint density at radius 1 is 0.914 bits per heavy atom. The molecule has 0 spiro atoms. The van der Waals surface area contributed by atoms with Crippen LogP contribution in [-0.2, 0) is 12.7 Å². The van der Waals surface area contributed by atoms with E-state index in [1.54, 1.807) is 18.5 Å². The van der Waals surface area contributed by atoms with Crippen LogP contribution in [0.1, 0.15) is 5.56 Å². The van der Waals surface area contributed by atoms with Gasteiger partial charge in [0.05, 0.1) is 23.8 Å². The van der Waals surface area contributed by atoms with Gasteiger partial charge in [-0.25, -0.2) is 0 Å². The lowest BCUT2D eigenvalue weighted by molar-refractivity contribution is -0.137. The number of alkyl halides is 3. The second-order valence-corrected chi connectivity index (χ2v) is 8.40. The first-order chi connectivity index (χ1) is 16.4. The third-order valence-corrected chi connectivity index (χ3v) is 6.21. The highest BCUT2D eigenvalue weighted by molar-refractivity contribution is 5.85. The molecule has 1 aliphatic rings. The monoisotopic (exact) mass is 503 g/mol. The minimum atomic E-state index is -4.39. The summed E-state index contributed by atoms with van der Waals surface area (Å²) in [5.74, 6) is 0. The van der Waals surface area contributed by atoms with Crippen LogP contribution >= 0.6 is 12.4 Å². The number of hydrogen-bond donors (Lipinski definition) is 1. The molecule has 1 aliphatic heterocycles. The van der Waals surface area contributed by atoms with Crippen LogP contribution in [0.4, 0.5) is 13.2 Å². The molecule has 1 fully saturated rings. The first kappa shape index (κ1) is 25.0. The SMILES string of the molecule is Cl.O=c1cc(-c2ccc(C(F)(F)F)cc2)ccn1-c1ccc2c(cnn2CCN2CCNCC2)c1. The summed E-state index contributed by atoms with van der Waals surface area (Å²) in [6.45, 7) is 5.82. The number of benzene rings is 2. The Labute approximate surface area is 206 Å². The molecule has 1 N–H and O–H groups in total. The number of nitrogens with zero attached hydrogens (tertiary/aromatic N) is 4. The van der Waals surface area contributed by atoms with Crippen molar-refractivity contribution in [2.75, 3.05) is 32.7 Å². The van der Waals surface area contributed by atoms with Crippen LogP contribution in [0.2, 0.25) is 0 Å². The second kappa shape index (κ2) is 10.2. The first-order valence-corrected chi connectivity index (χ1v) is 11.2. The van der Waals surface area contributed by atoms with Crippen LogP contribution in [0.25, 0.3) is 27.7 Å². The maximum Gasteiger partial charge on any atom is 0.416 e. The van der Waals surface area contributed by atoms with Crippen LogP contribution in [0.5, 0.6) is 0 Å². The Balaban J connectivity index is 0.00000289. The zero-order valence-corrected chi connectivity index (χ0v) is 19.6. The van der Waals surface area contributed by atoms with Gasteiger partial charge in [-0.2, -0.15) is 18.3 Å². The molecular formula is C25H25ClF3N5O. The molecule has 2 aromatic carbocycles. The van der Waals surface area contributed by atoms with Crippen molar-refractivity contribution in [1.29, 1.82) is 0 Å². The van der Waals surface area contributed by atoms with Crippen LogP contribution in [0, 0.1) is 0 Å². The normalized spacial score (nSPS) is 14.7. The van der Waals surface area contributed by atoms with Gasteiger partial charge in [-0.1, -0.05) is 12.1 Å². The van der Waals surface area contributed by atoms with Gasteiger partial charge in [0.1, 0.15) is 0 Å². The minimum absolute atomic E-state index is 0. The fourth-order valence-corrected chi connectivity index (χ4v) is 4.30. The van der Waals surface area contributed by atoms with E-state index in [0.717, 1.165) is 62.3 Å². The van der Waals surface area contributed by atoms with E-state index in [4.69, 9.17) is 0 Å². The number of piperazine rings is 1. The van der Waals surface area contributed by atoms with Crippen molar-refractivity contribution in [3.8, 4) is 16.8 Å². The summed E-state index contributed by atoms with van der Waals surface area (Å²) in [6, 6.07) is 13.7. The largest absolute Gasteiger partial charge is 0.416 e. The van der Waals surface area contributed by atoms with E-state index < -0.39 is 11.7 Å². The fourth-order valence-electron chi connectivity index (χ4n) is 4.30. The Morgan fingerprint density at radius 3 is 2.34 bits per heavy atom. The Kier molecular flexibility index (Phi) is 7.30. The van der Waals surface area contributed by atoms with E-state index in [1.165, 1.54) is 22.8 Å². The standard InChI is InChI=1S/C25H24F3N5O.ClH/c26-25(27,28)21-3-1-18(2-4-21)19-7-10-32(24(34)16-19)22-5-6-23-20(15-22)17-30-33(23)14-13-31-11-8-29-9-12-31;/h1-7,10,15-17,29H,8-9,11-14H2;1H. The topological polar surface area (TPSA) is 55.1 Å². The summed E-state index contributed by atoms with van der Waals surface area (Å²) in [5, 5.41) is 8.81. The maximum absolute atomic E-state index is 12.8. The third-order valence-electron chi connectivity index (χ3n) is 6.21. The van der Waals surface area contributed by atoms with Gasteiger partial charge >= 0.3 is 6.18 Å². The highest BCUT2D eigenvalue weighted by Gasteiger charge is 2.30. The molecular weight excluding hydrogens is 479 g/mol.